The summed E-state index contributed by atoms with van der Waals surface area (Å²) in [4.78, 5) is 1.06. The molecule has 1 aromatic heterocycles. The molecular weight excluding hydrogens is 207 g/mol. The van der Waals surface area contributed by atoms with Crippen LogP contribution in [-0.2, 0) is 0 Å². The van der Waals surface area contributed by atoms with Crippen molar-refractivity contribution in [1.29, 1.82) is 0 Å². The molecule has 0 saturated carbocycles. The van der Waals surface area contributed by atoms with Crippen LogP contribution in [0.2, 0.25) is 0 Å². The molecule has 4 heteroatoms. The lowest BCUT2D eigenvalue weighted by atomic mass is 9.90. The molecule has 0 radical (unpaired) electrons. The van der Waals surface area contributed by atoms with E-state index in [1.165, 1.54) is 16.9 Å². The zero-order valence-electron chi connectivity index (χ0n) is 8.34. The first-order chi connectivity index (χ1) is 7.16. The predicted octanol–water partition coefficient (Wildman–Crippen LogP) is 1.40. The van der Waals surface area contributed by atoms with Gasteiger partial charge in [-0.3, -0.25) is 0 Å². The number of rotatable bonds is 2. The first kappa shape index (κ1) is 10.4. The molecule has 0 aliphatic carbocycles. The quantitative estimate of drug-likeness (QED) is 0.748. The fourth-order valence-electron chi connectivity index (χ4n) is 1.45. The summed E-state index contributed by atoms with van der Waals surface area (Å²) >= 11 is 1.40. The van der Waals surface area contributed by atoms with E-state index >= 15 is 0 Å². The minimum atomic E-state index is -1.37. The van der Waals surface area contributed by atoms with Gasteiger partial charge < -0.3 is 10.0 Å². The highest BCUT2D eigenvalue weighted by Crippen LogP contribution is 2.24. The fourth-order valence-corrected chi connectivity index (χ4v) is 2.32. The van der Waals surface area contributed by atoms with E-state index in [1.807, 2.05) is 31.2 Å². The van der Waals surface area contributed by atoms with Gasteiger partial charge in [0.1, 0.15) is 0 Å². The van der Waals surface area contributed by atoms with Crippen molar-refractivity contribution < 1.29 is 10.0 Å². The predicted molar refractivity (Wildman–Crippen MR) is 64.3 cm³/mol. The lowest BCUT2D eigenvalue weighted by Crippen LogP contribution is -2.26. The van der Waals surface area contributed by atoms with Gasteiger partial charge in [-0.1, -0.05) is 35.9 Å². The zero-order valence-corrected chi connectivity index (χ0v) is 9.16. The van der Waals surface area contributed by atoms with E-state index in [2.05, 4.69) is 6.07 Å². The normalized spacial score (nSPS) is 10.3. The Balaban J connectivity index is 2.37. The van der Waals surface area contributed by atoms with Gasteiger partial charge in [-0.25, -0.2) is 0 Å². The Hall–Kier alpha value is -1.10. The van der Waals surface area contributed by atoms with Crippen molar-refractivity contribution in [2.45, 2.75) is 6.92 Å². The second-order valence-corrected chi connectivity index (χ2v) is 4.56. The number of hydrogen-bond acceptors (Lipinski definition) is 3. The molecule has 2 rings (SSSR count). The van der Waals surface area contributed by atoms with Crippen molar-refractivity contribution in [3.63, 3.8) is 0 Å². The third-order valence-corrected chi connectivity index (χ3v) is 3.36. The Morgan fingerprint density at radius 3 is 2.53 bits per heavy atom. The standard InChI is InChI=1S/C11H11BO2S/c1-8-3-2-4-9(7-8)10-5-6-11(15-10)12(13)14/h2-7,13-14H,1H3. The number of benzene rings is 1. The van der Waals surface area contributed by atoms with Crippen molar-refractivity contribution in [1.82, 2.24) is 0 Å². The molecule has 0 fully saturated rings. The van der Waals surface area contributed by atoms with Gasteiger partial charge in [0.05, 0.1) is 0 Å². The lowest BCUT2D eigenvalue weighted by Gasteiger charge is -1.98. The van der Waals surface area contributed by atoms with E-state index < -0.39 is 7.12 Å². The van der Waals surface area contributed by atoms with Crippen molar-refractivity contribution in [2.24, 2.45) is 0 Å². The Bertz CT molecular complexity index is 465. The summed E-state index contributed by atoms with van der Waals surface area (Å²) in [6.07, 6.45) is 0. The molecule has 0 bridgehead atoms. The van der Waals surface area contributed by atoms with E-state index in [0.29, 0.717) is 4.78 Å². The van der Waals surface area contributed by atoms with Crippen LogP contribution in [-0.4, -0.2) is 17.2 Å². The van der Waals surface area contributed by atoms with Crippen molar-refractivity contribution >= 4 is 23.2 Å². The SMILES string of the molecule is Cc1cccc(-c2ccc(B(O)O)s2)c1. The van der Waals surface area contributed by atoms with Gasteiger partial charge in [0, 0.05) is 9.65 Å². The molecule has 0 aliphatic heterocycles. The lowest BCUT2D eigenvalue weighted by molar-refractivity contribution is 0.427. The molecule has 2 nitrogen and oxygen atoms in total. The number of aryl methyl sites for hydroxylation is 1. The molecule has 0 amide bonds. The van der Waals surface area contributed by atoms with Gasteiger partial charge in [0.15, 0.2) is 0 Å². The molecular formula is C11H11BO2S. The number of thiophene rings is 1. The maximum atomic E-state index is 9.00. The summed E-state index contributed by atoms with van der Waals surface area (Å²) in [6.45, 7) is 2.04. The van der Waals surface area contributed by atoms with E-state index in [4.69, 9.17) is 10.0 Å². The average molecular weight is 218 g/mol. The minimum Gasteiger partial charge on any atom is -0.423 e. The topological polar surface area (TPSA) is 40.5 Å². The molecule has 76 valence electrons. The van der Waals surface area contributed by atoms with Crippen LogP contribution in [0.3, 0.4) is 0 Å². The smallest absolute Gasteiger partial charge is 0.423 e. The molecule has 15 heavy (non-hydrogen) atoms. The van der Waals surface area contributed by atoms with Gasteiger partial charge in [0.2, 0.25) is 0 Å². The molecule has 1 aromatic carbocycles. The van der Waals surface area contributed by atoms with Crippen LogP contribution in [0.4, 0.5) is 0 Å². The highest BCUT2D eigenvalue weighted by atomic mass is 32.1. The fraction of sp³-hybridized carbons (Fsp3) is 0.0909. The minimum absolute atomic E-state index is 0.575. The maximum absolute atomic E-state index is 9.00. The van der Waals surface area contributed by atoms with Crippen LogP contribution in [0.5, 0.6) is 0 Å². The van der Waals surface area contributed by atoms with Crippen LogP contribution < -0.4 is 4.78 Å². The van der Waals surface area contributed by atoms with Crippen molar-refractivity contribution in [2.75, 3.05) is 0 Å². The Kier molecular flexibility index (Phi) is 2.91. The average Bonchev–Trinajstić information content (AvgIpc) is 2.66. The second-order valence-electron chi connectivity index (χ2n) is 3.45. The molecule has 0 unspecified atom stereocenters. The summed E-state index contributed by atoms with van der Waals surface area (Å²) in [5, 5.41) is 18.0. The van der Waals surface area contributed by atoms with Gasteiger partial charge in [0.25, 0.3) is 0 Å². The summed E-state index contributed by atoms with van der Waals surface area (Å²) in [5.41, 5.74) is 2.32. The highest BCUT2D eigenvalue weighted by Gasteiger charge is 2.14. The molecule has 0 saturated heterocycles. The van der Waals surface area contributed by atoms with Crippen molar-refractivity contribution in [3.8, 4) is 10.4 Å². The molecule has 2 aromatic rings. The van der Waals surface area contributed by atoms with Gasteiger partial charge >= 0.3 is 7.12 Å². The van der Waals surface area contributed by atoms with Gasteiger partial charge in [-0.2, -0.15) is 0 Å². The van der Waals surface area contributed by atoms with E-state index in [1.54, 1.807) is 6.07 Å². The van der Waals surface area contributed by atoms with Crippen LogP contribution in [0.15, 0.2) is 36.4 Å². The third-order valence-electron chi connectivity index (χ3n) is 2.18. The van der Waals surface area contributed by atoms with Crippen molar-refractivity contribution in [3.05, 3.63) is 42.0 Å². The zero-order chi connectivity index (χ0) is 10.8. The van der Waals surface area contributed by atoms with Gasteiger partial charge in [-0.15, -0.1) is 11.3 Å². The Labute approximate surface area is 93.0 Å². The summed E-state index contributed by atoms with van der Waals surface area (Å²) < 4.78 is 0.575. The Morgan fingerprint density at radius 1 is 1.13 bits per heavy atom. The molecule has 2 N–H and O–H groups in total. The molecule has 0 aliphatic rings. The maximum Gasteiger partial charge on any atom is 0.499 e. The summed E-state index contributed by atoms with van der Waals surface area (Å²) in [6, 6.07) is 11.8. The van der Waals surface area contributed by atoms with Crippen LogP contribution in [0, 0.1) is 6.92 Å². The highest BCUT2D eigenvalue weighted by molar-refractivity contribution is 7.24. The Morgan fingerprint density at radius 2 is 1.93 bits per heavy atom. The summed E-state index contributed by atoms with van der Waals surface area (Å²) in [5.74, 6) is 0. The van der Waals surface area contributed by atoms with E-state index in [9.17, 15) is 0 Å². The third kappa shape index (κ3) is 2.29. The molecule has 1 heterocycles. The van der Waals surface area contributed by atoms with Crippen LogP contribution >= 0.6 is 11.3 Å². The van der Waals surface area contributed by atoms with Crippen LogP contribution in [0.25, 0.3) is 10.4 Å². The molecule has 0 atom stereocenters. The number of hydrogen-bond donors (Lipinski definition) is 2. The first-order valence-corrected chi connectivity index (χ1v) is 5.51. The molecule has 0 spiro atoms. The monoisotopic (exact) mass is 218 g/mol. The van der Waals surface area contributed by atoms with E-state index in [-0.39, 0.29) is 0 Å². The first-order valence-electron chi connectivity index (χ1n) is 4.70. The largest absolute Gasteiger partial charge is 0.499 e. The van der Waals surface area contributed by atoms with E-state index in [0.717, 1.165) is 10.4 Å². The van der Waals surface area contributed by atoms with Crippen LogP contribution in [0.1, 0.15) is 5.56 Å². The van der Waals surface area contributed by atoms with Gasteiger partial charge in [-0.05, 0) is 18.6 Å². The second kappa shape index (κ2) is 4.19. The summed E-state index contributed by atoms with van der Waals surface area (Å²) in [7, 11) is -1.37.